The highest BCUT2D eigenvalue weighted by molar-refractivity contribution is 4.97. The fourth-order valence-corrected chi connectivity index (χ4v) is 2.15. The second-order valence-electron chi connectivity index (χ2n) is 6.08. The molecule has 0 aromatic carbocycles. The van der Waals surface area contributed by atoms with E-state index in [2.05, 4.69) is 41.0 Å². The largest absolute Gasteiger partial charge is 0.423 e. The normalized spacial score (nSPS) is 17.6. The molecule has 0 N–H and O–H groups in total. The van der Waals surface area contributed by atoms with Crippen LogP contribution in [0.2, 0.25) is 0 Å². The van der Waals surface area contributed by atoms with Gasteiger partial charge in [0.1, 0.15) is 0 Å². The van der Waals surface area contributed by atoms with Crippen molar-refractivity contribution in [3.05, 3.63) is 30.2 Å². The minimum Gasteiger partial charge on any atom is -0.423 e. The molecular formula is C13H19N5O. The van der Waals surface area contributed by atoms with Crippen molar-refractivity contribution in [3.8, 4) is 0 Å². The molecule has 0 aliphatic carbocycles. The minimum atomic E-state index is -0.0855. The molecule has 19 heavy (non-hydrogen) atoms. The van der Waals surface area contributed by atoms with Crippen LogP contribution in [0.1, 0.15) is 38.6 Å². The third-order valence-electron chi connectivity index (χ3n) is 3.30. The molecule has 0 radical (unpaired) electrons. The molecule has 2 aromatic rings. The van der Waals surface area contributed by atoms with Crippen LogP contribution in [-0.2, 0) is 12.0 Å². The van der Waals surface area contributed by atoms with Crippen LogP contribution in [0.25, 0.3) is 0 Å². The monoisotopic (exact) mass is 261 g/mol. The molecule has 6 nitrogen and oxygen atoms in total. The third kappa shape index (κ3) is 2.53. The quantitative estimate of drug-likeness (QED) is 0.840. The van der Waals surface area contributed by atoms with Crippen molar-refractivity contribution in [2.45, 2.75) is 38.8 Å². The van der Waals surface area contributed by atoms with Gasteiger partial charge >= 0.3 is 0 Å². The molecule has 1 aliphatic rings. The Kier molecular flexibility index (Phi) is 2.89. The molecule has 0 saturated carbocycles. The summed E-state index contributed by atoms with van der Waals surface area (Å²) in [5.74, 6) is 1.40. The third-order valence-corrected chi connectivity index (χ3v) is 3.30. The molecule has 0 bridgehead atoms. The first-order valence-corrected chi connectivity index (χ1v) is 6.57. The van der Waals surface area contributed by atoms with E-state index in [4.69, 9.17) is 4.42 Å². The van der Waals surface area contributed by atoms with Crippen LogP contribution in [0.3, 0.4) is 0 Å². The Morgan fingerprint density at radius 2 is 2.11 bits per heavy atom. The zero-order valence-electron chi connectivity index (χ0n) is 11.6. The molecule has 2 aromatic heterocycles. The maximum Gasteiger partial charge on any atom is 0.230 e. The molecule has 1 aliphatic heterocycles. The Morgan fingerprint density at radius 3 is 2.68 bits per heavy atom. The summed E-state index contributed by atoms with van der Waals surface area (Å²) in [5, 5.41) is 12.5. The van der Waals surface area contributed by atoms with Gasteiger partial charge in [0.2, 0.25) is 11.8 Å². The second kappa shape index (κ2) is 4.45. The number of likely N-dealkylation sites (tertiary alicyclic amines) is 1. The van der Waals surface area contributed by atoms with Crippen molar-refractivity contribution in [1.29, 1.82) is 0 Å². The lowest BCUT2D eigenvalue weighted by Crippen LogP contribution is -2.47. The highest BCUT2D eigenvalue weighted by Gasteiger charge is 2.30. The lowest BCUT2D eigenvalue weighted by atomic mass is 9.97. The van der Waals surface area contributed by atoms with Gasteiger partial charge in [-0.25, -0.2) is 0 Å². The Hall–Kier alpha value is -1.69. The van der Waals surface area contributed by atoms with Crippen LogP contribution in [-0.4, -0.2) is 38.0 Å². The molecule has 6 heteroatoms. The van der Waals surface area contributed by atoms with Gasteiger partial charge in [-0.2, -0.15) is 5.10 Å². The summed E-state index contributed by atoms with van der Waals surface area (Å²) in [7, 11) is 0. The molecule has 1 saturated heterocycles. The SMILES string of the molecule is CC(C)(C)c1nnc(CN2CC(n3cccn3)C2)o1. The van der Waals surface area contributed by atoms with Gasteiger partial charge in [-0.3, -0.25) is 9.58 Å². The Bertz CT molecular complexity index is 534. The number of rotatable bonds is 3. The minimum absolute atomic E-state index is 0.0855. The second-order valence-corrected chi connectivity index (χ2v) is 6.08. The predicted octanol–water partition coefficient (Wildman–Crippen LogP) is 1.62. The van der Waals surface area contributed by atoms with Gasteiger partial charge in [-0.15, -0.1) is 10.2 Å². The topological polar surface area (TPSA) is 60.0 Å². The van der Waals surface area contributed by atoms with Gasteiger partial charge in [-0.1, -0.05) is 20.8 Å². The number of nitrogens with zero attached hydrogens (tertiary/aromatic N) is 5. The molecule has 0 spiro atoms. The Labute approximate surface area is 112 Å². The van der Waals surface area contributed by atoms with Crippen molar-refractivity contribution in [2.75, 3.05) is 13.1 Å². The fraction of sp³-hybridized carbons (Fsp3) is 0.615. The van der Waals surface area contributed by atoms with E-state index in [9.17, 15) is 0 Å². The summed E-state index contributed by atoms with van der Waals surface area (Å²) >= 11 is 0. The molecular weight excluding hydrogens is 242 g/mol. The Morgan fingerprint density at radius 1 is 1.32 bits per heavy atom. The van der Waals surface area contributed by atoms with Gasteiger partial charge in [0.05, 0.1) is 12.6 Å². The van der Waals surface area contributed by atoms with Crippen molar-refractivity contribution in [1.82, 2.24) is 24.9 Å². The van der Waals surface area contributed by atoms with Gasteiger partial charge in [0, 0.05) is 30.9 Å². The van der Waals surface area contributed by atoms with Crippen LogP contribution < -0.4 is 0 Å². The first-order chi connectivity index (χ1) is 9.02. The summed E-state index contributed by atoms with van der Waals surface area (Å²) in [6, 6.07) is 2.43. The fourth-order valence-electron chi connectivity index (χ4n) is 2.15. The number of aromatic nitrogens is 4. The van der Waals surface area contributed by atoms with Gasteiger partial charge in [0.25, 0.3) is 0 Å². The van der Waals surface area contributed by atoms with Crippen LogP contribution >= 0.6 is 0 Å². The zero-order valence-corrected chi connectivity index (χ0v) is 11.6. The summed E-state index contributed by atoms with van der Waals surface area (Å²) in [6.45, 7) is 8.90. The van der Waals surface area contributed by atoms with Crippen molar-refractivity contribution in [2.24, 2.45) is 0 Å². The summed E-state index contributed by atoms with van der Waals surface area (Å²) < 4.78 is 7.70. The smallest absolute Gasteiger partial charge is 0.230 e. The summed E-state index contributed by atoms with van der Waals surface area (Å²) in [4.78, 5) is 2.28. The lowest BCUT2D eigenvalue weighted by molar-refractivity contribution is 0.0806. The van der Waals surface area contributed by atoms with E-state index in [1.807, 2.05) is 23.1 Å². The molecule has 0 amide bonds. The number of hydrogen-bond acceptors (Lipinski definition) is 5. The summed E-state index contributed by atoms with van der Waals surface area (Å²) in [5.41, 5.74) is -0.0855. The maximum atomic E-state index is 5.69. The van der Waals surface area contributed by atoms with E-state index in [1.165, 1.54) is 0 Å². The van der Waals surface area contributed by atoms with E-state index < -0.39 is 0 Å². The van der Waals surface area contributed by atoms with Crippen LogP contribution in [0, 0.1) is 0 Å². The lowest BCUT2D eigenvalue weighted by Gasteiger charge is -2.38. The van der Waals surface area contributed by atoms with E-state index in [-0.39, 0.29) is 5.41 Å². The first kappa shape index (κ1) is 12.3. The van der Waals surface area contributed by atoms with Gasteiger partial charge in [-0.05, 0) is 6.07 Å². The predicted molar refractivity (Wildman–Crippen MR) is 69.5 cm³/mol. The van der Waals surface area contributed by atoms with E-state index in [1.54, 1.807) is 0 Å². The van der Waals surface area contributed by atoms with Crippen molar-refractivity contribution in [3.63, 3.8) is 0 Å². The van der Waals surface area contributed by atoms with Crippen LogP contribution in [0.5, 0.6) is 0 Å². The van der Waals surface area contributed by atoms with Crippen molar-refractivity contribution >= 4 is 0 Å². The molecule has 3 heterocycles. The molecule has 0 unspecified atom stereocenters. The molecule has 1 fully saturated rings. The maximum absolute atomic E-state index is 5.69. The Balaban J connectivity index is 1.55. The van der Waals surface area contributed by atoms with E-state index >= 15 is 0 Å². The van der Waals surface area contributed by atoms with Gasteiger partial charge < -0.3 is 4.42 Å². The van der Waals surface area contributed by atoms with Crippen LogP contribution in [0.15, 0.2) is 22.9 Å². The van der Waals surface area contributed by atoms with E-state index in [0.717, 1.165) is 19.6 Å². The highest BCUT2D eigenvalue weighted by Crippen LogP contribution is 2.24. The molecule has 0 atom stereocenters. The van der Waals surface area contributed by atoms with Crippen molar-refractivity contribution < 1.29 is 4.42 Å². The molecule has 3 rings (SSSR count). The number of hydrogen-bond donors (Lipinski definition) is 0. The van der Waals surface area contributed by atoms with Crippen LogP contribution in [0.4, 0.5) is 0 Å². The van der Waals surface area contributed by atoms with Gasteiger partial charge in [0.15, 0.2) is 0 Å². The average molecular weight is 261 g/mol. The summed E-state index contributed by atoms with van der Waals surface area (Å²) in [6.07, 6.45) is 3.82. The standard InChI is InChI=1S/C13H19N5O/c1-13(2,3)12-16-15-11(19-12)9-17-7-10(8-17)18-6-4-5-14-18/h4-6,10H,7-9H2,1-3H3. The highest BCUT2D eigenvalue weighted by atomic mass is 16.4. The average Bonchev–Trinajstić information content (AvgIpc) is 2.93. The first-order valence-electron chi connectivity index (χ1n) is 6.57. The zero-order chi connectivity index (χ0) is 13.5. The van der Waals surface area contributed by atoms with E-state index in [0.29, 0.717) is 17.8 Å². The molecule has 102 valence electrons.